The smallest absolute Gasteiger partial charge is 0.238 e. The lowest BCUT2D eigenvalue weighted by Gasteiger charge is -2.20. The Hall–Kier alpha value is -4.61. The number of anilines is 1. The van der Waals surface area contributed by atoms with Gasteiger partial charge < -0.3 is 4.74 Å². The molecule has 0 unspecified atom stereocenters. The number of para-hydroxylation sites is 1. The minimum Gasteiger partial charge on any atom is -0.487 e. The predicted octanol–water partition coefficient (Wildman–Crippen LogP) is 4.37. The van der Waals surface area contributed by atoms with Gasteiger partial charge in [-0.05, 0) is 91.4 Å². The van der Waals surface area contributed by atoms with E-state index in [1.54, 1.807) is 29.2 Å². The molecule has 0 spiro atoms. The zero-order valence-electron chi connectivity index (χ0n) is 21.6. The summed E-state index contributed by atoms with van der Waals surface area (Å²) in [5.41, 5.74) is 9.98. The highest BCUT2D eigenvalue weighted by Gasteiger charge is 2.17. The van der Waals surface area contributed by atoms with Crippen molar-refractivity contribution in [2.45, 2.75) is 37.2 Å². The molecule has 0 amide bonds. The Morgan fingerprint density at radius 1 is 1.00 bits per heavy atom. The van der Waals surface area contributed by atoms with Crippen LogP contribution in [-0.4, -0.2) is 34.6 Å². The summed E-state index contributed by atoms with van der Waals surface area (Å²) >= 11 is 0. The molecule has 0 fully saturated rings. The summed E-state index contributed by atoms with van der Waals surface area (Å²) in [5, 5.41) is 19.0. The number of nitrogens with zero attached hydrogens (tertiary/aromatic N) is 5. The zero-order valence-corrected chi connectivity index (χ0v) is 22.4. The van der Waals surface area contributed by atoms with Crippen molar-refractivity contribution in [2.24, 2.45) is 10.2 Å². The second-order valence-electron chi connectivity index (χ2n) is 9.56. The van der Waals surface area contributed by atoms with Crippen molar-refractivity contribution >= 4 is 32.8 Å². The number of aromatic nitrogens is 4. The van der Waals surface area contributed by atoms with Crippen molar-refractivity contribution in [1.29, 1.82) is 0 Å². The van der Waals surface area contributed by atoms with Gasteiger partial charge in [-0.3, -0.25) is 10.4 Å². The topological polar surface area (TPSA) is 137 Å². The number of benzene rings is 3. The highest BCUT2D eigenvalue weighted by atomic mass is 32.2. The van der Waals surface area contributed by atoms with Crippen LogP contribution in [0.25, 0.3) is 16.6 Å². The lowest BCUT2D eigenvalue weighted by Crippen LogP contribution is -2.12. The molecule has 5 aromatic rings. The molecule has 0 saturated carbocycles. The summed E-state index contributed by atoms with van der Waals surface area (Å²) < 4.78 is 30.3. The molecule has 1 aliphatic rings. The molecule has 11 heteroatoms. The molecule has 2 aromatic heterocycles. The lowest BCUT2D eigenvalue weighted by atomic mass is 9.93. The first kappa shape index (κ1) is 25.7. The van der Waals surface area contributed by atoms with Crippen LogP contribution < -0.4 is 15.3 Å². The van der Waals surface area contributed by atoms with E-state index in [1.165, 1.54) is 29.8 Å². The summed E-state index contributed by atoms with van der Waals surface area (Å²) in [6.45, 7) is 0.227. The maximum atomic E-state index is 11.4. The lowest BCUT2D eigenvalue weighted by molar-refractivity contribution is 0.301. The second-order valence-corrected chi connectivity index (χ2v) is 11.1. The number of aryl methyl sites for hydroxylation is 1. The molecular formula is C29H27N7O3S. The van der Waals surface area contributed by atoms with Gasteiger partial charge in [0.1, 0.15) is 18.1 Å². The summed E-state index contributed by atoms with van der Waals surface area (Å²) in [4.78, 5) is 4.92. The molecule has 2 heterocycles. The molecule has 0 radical (unpaired) electrons. The Labute approximate surface area is 231 Å². The number of hydrogen-bond acceptors (Lipinski definition) is 8. The van der Waals surface area contributed by atoms with Crippen LogP contribution >= 0.6 is 0 Å². The number of nitrogens with one attached hydrogen (secondary N) is 1. The third-order valence-corrected chi connectivity index (χ3v) is 7.73. The molecular weight excluding hydrogens is 526 g/mol. The van der Waals surface area contributed by atoms with Crippen LogP contribution in [0.15, 0.2) is 89.0 Å². The third-order valence-electron chi connectivity index (χ3n) is 6.80. The van der Waals surface area contributed by atoms with Gasteiger partial charge >= 0.3 is 0 Å². The van der Waals surface area contributed by atoms with E-state index in [0.29, 0.717) is 17.1 Å². The van der Waals surface area contributed by atoms with E-state index in [0.717, 1.165) is 41.4 Å². The monoisotopic (exact) mass is 553 g/mol. The summed E-state index contributed by atoms with van der Waals surface area (Å²) in [7, 11) is -3.75. The van der Waals surface area contributed by atoms with E-state index in [1.807, 2.05) is 42.5 Å². The molecule has 0 bridgehead atoms. The van der Waals surface area contributed by atoms with Gasteiger partial charge in [-0.1, -0.05) is 23.4 Å². The molecule has 1 aliphatic carbocycles. The number of fused-ring (bicyclic) bond motifs is 2. The van der Waals surface area contributed by atoms with Crippen LogP contribution in [-0.2, 0) is 29.5 Å². The Morgan fingerprint density at radius 2 is 1.77 bits per heavy atom. The van der Waals surface area contributed by atoms with E-state index < -0.39 is 10.0 Å². The molecule has 3 aromatic carbocycles. The van der Waals surface area contributed by atoms with Gasteiger partial charge in [0, 0.05) is 11.1 Å². The maximum absolute atomic E-state index is 11.4. The minimum atomic E-state index is -3.75. The molecule has 202 valence electrons. The van der Waals surface area contributed by atoms with Crippen LogP contribution in [0.4, 0.5) is 5.69 Å². The van der Waals surface area contributed by atoms with Crippen molar-refractivity contribution in [1.82, 2.24) is 20.0 Å². The zero-order chi connectivity index (χ0) is 27.5. The summed E-state index contributed by atoms with van der Waals surface area (Å²) in [6, 6.07) is 21.9. The van der Waals surface area contributed by atoms with Crippen molar-refractivity contribution < 1.29 is 13.2 Å². The van der Waals surface area contributed by atoms with Crippen molar-refractivity contribution in [2.75, 3.05) is 5.43 Å². The summed E-state index contributed by atoms with van der Waals surface area (Å²) in [5.74, 6) is 0.686. The molecule has 0 atom stereocenters. The van der Waals surface area contributed by atoms with Crippen LogP contribution in [0.3, 0.4) is 0 Å². The largest absolute Gasteiger partial charge is 0.487 e. The number of rotatable bonds is 8. The Morgan fingerprint density at radius 3 is 2.58 bits per heavy atom. The molecule has 3 N–H and O–H groups in total. The van der Waals surface area contributed by atoms with Crippen molar-refractivity contribution in [3.63, 3.8) is 0 Å². The third kappa shape index (κ3) is 5.56. The first-order valence-electron chi connectivity index (χ1n) is 12.9. The Kier molecular flexibility index (Phi) is 6.97. The number of sulfonamides is 1. The molecule has 40 heavy (non-hydrogen) atoms. The highest BCUT2D eigenvalue weighted by molar-refractivity contribution is 7.89. The van der Waals surface area contributed by atoms with E-state index in [9.17, 15) is 8.42 Å². The van der Waals surface area contributed by atoms with Crippen LogP contribution in [0.1, 0.15) is 35.4 Å². The van der Waals surface area contributed by atoms with Crippen LogP contribution in [0.5, 0.6) is 5.75 Å². The fourth-order valence-electron chi connectivity index (χ4n) is 4.76. The number of ether oxygens (including phenoxy) is 1. The van der Waals surface area contributed by atoms with Gasteiger partial charge in [0.05, 0.1) is 34.2 Å². The number of pyridine rings is 1. The van der Waals surface area contributed by atoms with Gasteiger partial charge in [0.15, 0.2) is 0 Å². The highest BCUT2D eigenvalue weighted by Crippen LogP contribution is 2.33. The average molecular weight is 554 g/mol. The van der Waals surface area contributed by atoms with E-state index in [4.69, 9.17) is 14.9 Å². The fourth-order valence-corrected chi connectivity index (χ4v) is 5.27. The van der Waals surface area contributed by atoms with E-state index in [-0.39, 0.29) is 11.5 Å². The first-order chi connectivity index (χ1) is 19.4. The fraction of sp³-hybridized carbons (Fsp3) is 0.172. The van der Waals surface area contributed by atoms with Gasteiger partial charge in [0.2, 0.25) is 10.0 Å². The molecule has 0 aliphatic heterocycles. The van der Waals surface area contributed by atoms with Crippen molar-refractivity contribution in [3.05, 3.63) is 102 Å². The predicted molar refractivity (Wildman–Crippen MR) is 153 cm³/mol. The molecule has 6 rings (SSSR count). The molecule has 10 nitrogen and oxygen atoms in total. The SMILES string of the molecule is NS(=O)(=O)c1ccc(-n2cc(COc3ccc(/C=N/Nc4c5c(nc6ccccc46)CCCC5)cc3)nn2)cc1. The Balaban J connectivity index is 1.08. The number of hydrogen-bond donors (Lipinski definition) is 2. The van der Waals surface area contributed by atoms with Gasteiger partial charge in [-0.2, -0.15) is 5.10 Å². The molecule has 0 saturated heterocycles. The summed E-state index contributed by atoms with van der Waals surface area (Å²) in [6.07, 6.45) is 7.87. The van der Waals surface area contributed by atoms with E-state index >= 15 is 0 Å². The van der Waals surface area contributed by atoms with Crippen LogP contribution in [0.2, 0.25) is 0 Å². The standard InChI is InChI=1S/C29H27N7O3S/c30-40(37,38)24-15-11-22(12-16-24)36-18-21(33-35-36)19-39-23-13-9-20(10-14-23)17-31-34-29-25-5-1-3-7-27(25)32-28-8-4-2-6-26(28)29/h1,3,5,7,9-18H,2,4,6,8,19H2,(H,32,34)(H2,30,37,38)/b31-17+. The van der Waals surface area contributed by atoms with E-state index in [2.05, 4.69) is 26.9 Å². The van der Waals surface area contributed by atoms with Crippen molar-refractivity contribution in [3.8, 4) is 11.4 Å². The Bertz CT molecular complexity index is 1800. The van der Waals surface area contributed by atoms with Crippen LogP contribution in [0, 0.1) is 0 Å². The van der Waals surface area contributed by atoms with Gasteiger partial charge in [-0.15, -0.1) is 5.10 Å². The first-order valence-corrected chi connectivity index (χ1v) is 14.5. The normalized spacial score (nSPS) is 13.4. The average Bonchev–Trinajstić information content (AvgIpc) is 3.45. The van der Waals surface area contributed by atoms with Gasteiger partial charge in [0.25, 0.3) is 0 Å². The number of hydrazone groups is 1. The number of nitrogens with two attached hydrogens (primary N) is 1. The second kappa shape index (κ2) is 10.9. The maximum Gasteiger partial charge on any atom is 0.238 e. The number of primary sulfonamides is 1. The minimum absolute atomic E-state index is 0.0361. The quantitative estimate of drug-likeness (QED) is 0.215. The van der Waals surface area contributed by atoms with Gasteiger partial charge in [-0.25, -0.2) is 18.2 Å².